The summed E-state index contributed by atoms with van der Waals surface area (Å²) in [6, 6.07) is 3.79. The molecule has 0 aromatic carbocycles. The van der Waals surface area contributed by atoms with Gasteiger partial charge in [-0.05, 0) is 18.6 Å². The van der Waals surface area contributed by atoms with Crippen molar-refractivity contribution in [3.05, 3.63) is 35.7 Å². The van der Waals surface area contributed by atoms with Gasteiger partial charge in [0, 0.05) is 18.0 Å². The molecule has 2 heterocycles. The van der Waals surface area contributed by atoms with E-state index in [4.69, 9.17) is 9.26 Å². The first-order chi connectivity index (χ1) is 10.0. The minimum atomic E-state index is -0.0693. The summed E-state index contributed by atoms with van der Waals surface area (Å²) in [6.07, 6.45) is 4.77. The van der Waals surface area contributed by atoms with Gasteiger partial charge in [0.15, 0.2) is 6.61 Å². The van der Waals surface area contributed by atoms with Crippen molar-refractivity contribution in [3.8, 4) is 5.75 Å². The lowest BCUT2D eigenvalue weighted by atomic mass is 9.91. The quantitative estimate of drug-likeness (QED) is 0.811. The van der Waals surface area contributed by atoms with Gasteiger partial charge in [0.2, 0.25) is 11.7 Å². The van der Waals surface area contributed by atoms with Crippen LogP contribution in [0.2, 0.25) is 0 Å². The molecule has 0 radical (unpaired) electrons. The van der Waals surface area contributed by atoms with Gasteiger partial charge in [0.25, 0.3) is 0 Å². The van der Waals surface area contributed by atoms with E-state index >= 15 is 0 Å². The van der Waals surface area contributed by atoms with Crippen LogP contribution in [0.3, 0.4) is 0 Å². The highest BCUT2D eigenvalue weighted by molar-refractivity contribution is 5.32. The summed E-state index contributed by atoms with van der Waals surface area (Å²) >= 11 is 0. The van der Waals surface area contributed by atoms with E-state index < -0.39 is 0 Å². The Morgan fingerprint density at radius 2 is 2.10 bits per heavy atom. The van der Waals surface area contributed by atoms with Gasteiger partial charge in [-0.3, -0.25) is 4.98 Å². The van der Waals surface area contributed by atoms with E-state index in [9.17, 15) is 0 Å². The van der Waals surface area contributed by atoms with Gasteiger partial charge in [-0.25, -0.2) is 0 Å². The summed E-state index contributed by atoms with van der Waals surface area (Å²) in [7, 11) is 0. The Kier molecular flexibility index (Phi) is 4.94. The van der Waals surface area contributed by atoms with Gasteiger partial charge in [0.05, 0.1) is 5.69 Å². The van der Waals surface area contributed by atoms with Crippen molar-refractivity contribution in [2.75, 3.05) is 0 Å². The van der Waals surface area contributed by atoms with Crippen molar-refractivity contribution in [3.63, 3.8) is 0 Å². The van der Waals surface area contributed by atoms with Crippen molar-refractivity contribution in [2.24, 2.45) is 0 Å². The summed E-state index contributed by atoms with van der Waals surface area (Å²) in [6.45, 7) is 8.76. The summed E-state index contributed by atoms with van der Waals surface area (Å²) in [5.41, 5.74) is 0.861. The molecule has 0 bridgehead atoms. The van der Waals surface area contributed by atoms with E-state index in [1.807, 2.05) is 12.1 Å². The minimum absolute atomic E-state index is 0.0693. The number of hydrogen-bond acceptors (Lipinski definition) is 5. The van der Waals surface area contributed by atoms with Crippen molar-refractivity contribution in [2.45, 2.75) is 59.0 Å². The van der Waals surface area contributed by atoms with Gasteiger partial charge < -0.3 is 9.26 Å². The summed E-state index contributed by atoms with van der Waals surface area (Å²) in [5, 5.41) is 3.94. The third-order valence-electron chi connectivity index (χ3n) is 3.09. The Labute approximate surface area is 125 Å². The molecule has 0 amide bonds. The maximum atomic E-state index is 5.82. The first kappa shape index (κ1) is 15.5. The molecule has 0 fully saturated rings. The third kappa shape index (κ3) is 4.28. The van der Waals surface area contributed by atoms with Crippen LogP contribution in [0.25, 0.3) is 0 Å². The van der Waals surface area contributed by atoms with Crippen LogP contribution in [0.1, 0.15) is 57.9 Å². The second kappa shape index (κ2) is 6.70. The number of ether oxygens (including phenoxy) is 1. The molecule has 0 atom stereocenters. The zero-order chi connectivity index (χ0) is 15.3. The van der Waals surface area contributed by atoms with Crippen LogP contribution >= 0.6 is 0 Å². The molecule has 5 heteroatoms. The highest BCUT2D eigenvalue weighted by atomic mass is 16.5. The Morgan fingerprint density at radius 1 is 1.29 bits per heavy atom. The first-order valence-electron chi connectivity index (χ1n) is 7.40. The van der Waals surface area contributed by atoms with Crippen LogP contribution in [-0.4, -0.2) is 15.1 Å². The molecule has 114 valence electrons. The van der Waals surface area contributed by atoms with Crippen molar-refractivity contribution >= 4 is 0 Å². The molecule has 5 nitrogen and oxygen atoms in total. The average Bonchev–Trinajstić information content (AvgIpc) is 2.90. The largest absolute Gasteiger partial charge is 0.484 e. The minimum Gasteiger partial charge on any atom is -0.484 e. The van der Waals surface area contributed by atoms with Gasteiger partial charge in [-0.2, -0.15) is 4.98 Å². The van der Waals surface area contributed by atoms with Gasteiger partial charge in [0.1, 0.15) is 5.75 Å². The molecule has 0 aliphatic carbocycles. The summed E-state index contributed by atoms with van der Waals surface area (Å²) < 4.78 is 11.0. The van der Waals surface area contributed by atoms with E-state index in [1.165, 1.54) is 0 Å². The van der Waals surface area contributed by atoms with E-state index in [0.717, 1.165) is 30.7 Å². The van der Waals surface area contributed by atoms with Crippen LogP contribution in [0.4, 0.5) is 0 Å². The topological polar surface area (TPSA) is 61.0 Å². The third-order valence-corrected chi connectivity index (χ3v) is 3.09. The second-order valence-corrected chi connectivity index (χ2v) is 6.10. The standard InChI is InChI=1S/C16H23N3O2/c1-5-6-9-14-18-13(19-21-14)11-20-12-8-7-10-17-15(12)16(2,3)4/h7-8,10H,5-6,9,11H2,1-4H3. The summed E-state index contributed by atoms with van der Waals surface area (Å²) in [4.78, 5) is 8.75. The summed E-state index contributed by atoms with van der Waals surface area (Å²) in [5.74, 6) is 2.02. The van der Waals surface area contributed by atoms with E-state index in [1.54, 1.807) is 6.20 Å². The molecule has 2 aromatic heterocycles. The van der Waals surface area contributed by atoms with Crippen LogP contribution in [0.15, 0.2) is 22.9 Å². The molecule has 0 N–H and O–H groups in total. The molecule has 2 rings (SSSR count). The highest BCUT2D eigenvalue weighted by Gasteiger charge is 2.20. The zero-order valence-electron chi connectivity index (χ0n) is 13.2. The number of pyridine rings is 1. The van der Waals surface area contributed by atoms with Crippen LogP contribution in [0, 0.1) is 0 Å². The molecule has 0 aliphatic rings. The number of unbranched alkanes of at least 4 members (excludes halogenated alkanes) is 1. The molecular formula is C16H23N3O2. The normalized spacial score (nSPS) is 11.6. The lowest BCUT2D eigenvalue weighted by molar-refractivity contribution is 0.276. The molecular weight excluding hydrogens is 266 g/mol. The maximum absolute atomic E-state index is 5.82. The molecule has 0 saturated carbocycles. The van der Waals surface area contributed by atoms with Crippen LogP contribution < -0.4 is 4.74 Å². The Balaban J connectivity index is 2.02. The monoisotopic (exact) mass is 289 g/mol. The fraction of sp³-hybridized carbons (Fsp3) is 0.562. The number of rotatable bonds is 6. The number of nitrogens with zero attached hydrogens (tertiary/aromatic N) is 3. The molecule has 0 spiro atoms. The molecule has 0 saturated heterocycles. The fourth-order valence-electron chi connectivity index (χ4n) is 1.99. The second-order valence-electron chi connectivity index (χ2n) is 6.10. The van der Waals surface area contributed by atoms with E-state index in [-0.39, 0.29) is 5.41 Å². The van der Waals surface area contributed by atoms with E-state index in [0.29, 0.717) is 18.3 Å². The lowest BCUT2D eigenvalue weighted by Crippen LogP contribution is -2.15. The molecule has 2 aromatic rings. The Morgan fingerprint density at radius 3 is 2.81 bits per heavy atom. The predicted octanol–water partition coefficient (Wildman–Crippen LogP) is 3.68. The van der Waals surface area contributed by atoms with Gasteiger partial charge >= 0.3 is 0 Å². The molecule has 21 heavy (non-hydrogen) atoms. The molecule has 0 unspecified atom stereocenters. The highest BCUT2D eigenvalue weighted by Crippen LogP contribution is 2.29. The number of aromatic nitrogens is 3. The van der Waals surface area contributed by atoms with E-state index in [2.05, 4.69) is 42.8 Å². The van der Waals surface area contributed by atoms with Gasteiger partial charge in [-0.15, -0.1) is 0 Å². The number of aryl methyl sites for hydroxylation is 1. The predicted molar refractivity (Wildman–Crippen MR) is 80.2 cm³/mol. The lowest BCUT2D eigenvalue weighted by Gasteiger charge is -2.20. The van der Waals surface area contributed by atoms with Gasteiger partial charge in [-0.1, -0.05) is 39.3 Å². The smallest absolute Gasteiger partial charge is 0.226 e. The average molecular weight is 289 g/mol. The van der Waals surface area contributed by atoms with Crippen molar-refractivity contribution in [1.82, 2.24) is 15.1 Å². The Bertz CT molecular complexity index is 573. The maximum Gasteiger partial charge on any atom is 0.226 e. The Hall–Kier alpha value is -1.91. The first-order valence-corrected chi connectivity index (χ1v) is 7.40. The van der Waals surface area contributed by atoms with Crippen molar-refractivity contribution in [1.29, 1.82) is 0 Å². The number of hydrogen-bond donors (Lipinski definition) is 0. The van der Waals surface area contributed by atoms with Crippen molar-refractivity contribution < 1.29 is 9.26 Å². The SMILES string of the molecule is CCCCc1nc(COc2cccnc2C(C)(C)C)no1. The van der Waals surface area contributed by atoms with Crippen LogP contribution in [0.5, 0.6) is 5.75 Å². The molecule has 0 aliphatic heterocycles. The van der Waals surface area contributed by atoms with Crippen LogP contribution in [-0.2, 0) is 18.4 Å². The fourth-order valence-corrected chi connectivity index (χ4v) is 1.99. The zero-order valence-corrected chi connectivity index (χ0v) is 13.2.